The van der Waals surface area contributed by atoms with Crippen LogP contribution in [0.3, 0.4) is 0 Å². The van der Waals surface area contributed by atoms with Crippen LogP contribution < -0.4 is 10.1 Å². The molecular formula is C23H28ClN3O3. The molecule has 1 saturated heterocycles. The number of piperazine rings is 1. The van der Waals surface area contributed by atoms with Crippen LogP contribution in [-0.4, -0.2) is 60.9 Å². The van der Waals surface area contributed by atoms with E-state index in [1.54, 1.807) is 25.3 Å². The second-order valence-electron chi connectivity index (χ2n) is 7.53. The van der Waals surface area contributed by atoms with Gasteiger partial charge in [-0.2, -0.15) is 0 Å². The fourth-order valence-corrected chi connectivity index (χ4v) is 3.79. The molecule has 30 heavy (non-hydrogen) atoms. The Kier molecular flexibility index (Phi) is 7.34. The topological polar surface area (TPSA) is 61.9 Å². The Labute approximate surface area is 182 Å². The quantitative estimate of drug-likeness (QED) is 0.764. The minimum Gasteiger partial charge on any atom is -0.495 e. The summed E-state index contributed by atoms with van der Waals surface area (Å²) in [6.07, 6.45) is 0.414. The predicted molar refractivity (Wildman–Crippen MR) is 119 cm³/mol. The van der Waals surface area contributed by atoms with Gasteiger partial charge in [0.1, 0.15) is 5.75 Å². The highest BCUT2D eigenvalue weighted by Crippen LogP contribution is 2.28. The number of aryl methyl sites for hydroxylation is 1. The minimum atomic E-state index is -0.331. The van der Waals surface area contributed by atoms with Crippen molar-refractivity contribution in [3.05, 3.63) is 58.6 Å². The summed E-state index contributed by atoms with van der Waals surface area (Å²) in [6, 6.07) is 12.7. The molecule has 1 fully saturated rings. The molecule has 7 heteroatoms. The molecule has 0 aromatic heterocycles. The van der Waals surface area contributed by atoms with E-state index in [0.29, 0.717) is 49.1 Å². The molecule has 160 valence electrons. The Morgan fingerprint density at radius 1 is 1.13 bits per heavy atom. The maximum Gasteiger partial charge on any atom is 0.241 e. The van der Waals surface area contributed by atoms with Gasteiger partial charge in [0, 0.05) is 31.2 Å². The summed E-state index contributed by atoms with van der Waals surface area (Å²) in [5, 5.41) is 3.43. The van der Waals surface area contributed by atoms with Gasteiger partial charge in [-0.1, -0.05) is 35.9 Å². The van der Waals surface area contributed by atoms with E-state index in [0.717, 1.165) is 11.1 Å². The first kappa shape index (κ1) is 22.1. The zero-order valence-corrected chi connectivity index (χ0v) is 18.4. The molecule has 6 nitrogen and oxygen atoms in total. The summed E-state index contributed by atoms with van der Waals surface area (Å²) in [5.41, 5.74) is 2.74. The number of nitrogens with zero attached hydrogens (tertiary/aromatic N) is 2. The molecule has 1 heterocycles. The van der Waals surface area contributed by atoms with Crippen molar-refractivity contribution < 1.29 is 14.3 Å². The van der Waals surface area contributed by atoms with E-state index in [-0.39, 0.29) is 17.9 Å². The number of carbonyl (C=O) groups excluding carboxylic acids is 2. The summed E-state index contributed by atoms with van der Waals surface area (Å²) in [7, 11) is 1.55. The maximum atomic E-state index is 12.8. The number of halogens is 1. The molecule has 0 spiro atoms. The number of benzene rings is 2. The lowest BCUT2D eigenvalue weighted by atomic mass is 10.0. The van der Waals surface area contributed by atoms with Crippen molar-refractivity contribution >= 4 is 29.1 Å². The van der Waals surface area contributed by atoms with Gasteiger partial charge >= 0.3 is 0 Å². The third-order valence-corrected chi connectivity index (χ3v) is 5.85. The van der Waals surface area contributed by atoms with Crippen molar-refractivity contribution in [1.29, 1.82) is 0 Å². The van der Waals surface area contributed by atoms with E-state index in [1.807, 2.05) is 43.0 Å². The second kappa shape index (κ2) is 9.96. The monoisotopic (exact) mass is 429 g/mol. The molecule has 0 bridgehead atoms. The number of hydrogen-bond donors (Lipinski definition) is 1. The van der Waals surface area contributed by atoms with Crippen LogP contribution in [0.15, 0.2) is 42.5 Å². The van der Waals surface area contributed by atoms with Crippen molar-refractivity contribution in [3.63, 3.8) is 0 Å². The first-order chi connectivity index (χ1) is 14.4. The highest BCUT2D eigenvalue weighted by atomic mass is 35.5. The average Bonchev–Trinajstić information content (AvgIpc) is 2.75. The van der Waals surface area contributed by atoms with E-state index in [4.69, 9.17) is 16.3 Å². The lowest BCUT2D eigenvalue weighted by Crippen LogP contribution is -2.54. The van der Waals surface area contributed by atoms with Crippen LogP contribution in [0.5, 0.6) is 5.75 Å². The standard InChI is InChI=1S/C23H28ClN3O3/c1-16-6-4-5-7-18(16)14-22(28)27-12-10-26(11-13-27)17(2)23(29)25-20-15-19(24)8-9-21(20)30-3/h4-9,15,17H,10-14H2,1-3H3,(H,25,29). The van der Waals surface area contributed by atoms with E-state index < -0.39 is 0 Å². The summed E-state index contributed by atoms with van der Waals surface area (Å²) in [6.45, 7) is 6.43. The molecule has 1 atom stereocenters. The van der Waals surface area contributed by atoms with Gasteiger partial charge in [0.2, 0.25) is 11.8 Å². The molecule has 1 aliphatic heterocycles. The van der Waals surface area contributed by atoms with Crippen LogP contribution >= 0.6 is 11.6 Å². The number of carbonyl (C=O) groups is 2. The van der Waals surface area contributed by atoms with Crippen LogP contribution in [0.4, 0.5) is 5.69 Å². The minimum absolute atomic E-state index is 0.129. The normalized spacial score (nSPS) is 15.5. The highest BCUT2D eigenvalue weighted by Gasteiger charge is 2.28. The predicted octanol–water partition coefficient (Wildman–Crippen LogP) is 3.37. The number of methoxy groups -OCH3 is 1. The van der Waals surface area contributed by atoms with Crippen molar-refractivity contribution in [2.75, 3.05) is 38.6 Å². The molecule has 1 aliphatic rings. The fraction of sp³-hybridized carbons (Fsp3) is 0.391. The molecular weight excluding hydrogens is 402 g/mol. The van der Waals surface area contributed by atoms with Gasteiger partial charge in [0.15, 0.2) is 0 Å². The first-order valence-electron chi connectivity index (χ1n) is 10.1. The molecule has 2 aromatic rings. The van der Waals surface area contributed by atoms with E-state index >= 15 is 0 Å². The summed E-state index contributed by atoms with van der Waals surface area (Å²) >= 11 is 6.04. The number of nitrogens with one attached hydrogen (secondary N) is 1. The van der Waals surface area contributed by atoms with Crippen LogP contribution in [0.1, 0.15) is 18.1 Å². The summed E-state index contributed by atoms with van der Waals surface area (Å²) in [4.78, 5) is 29.4. The van der Waals surface area contributed by atoms with Gasteiger partial charge in [0.25, 0.3) is 0 Å². The smallest absolute Gasteiger partial charge is 0.241 e. The molecule has 1 unspecified atom stereocenters. The van der Waals surface area contributed by atoms with Crippen LogP contribution in [0, 0.1) is 6.92 Å². The Bertz CT molecular complexity index is 910. The first-order valence-corrected chi connectivity index (χ1v) is 10.5. The lowest BCUT2D eigenvalue weighted by molar-refractivity contribution is -0.133. The number of hydrogen-bond acceptors (Lipinski definition) is 4. The third-order valence-electron chi connectivity index (χ3n) is 5.62. The Hall–Kier alpha value is -2.57. The number of amides is 2. The lowest BCUT2D eigenvalue weighted by Gasteiger charge is -2.37. The summed E-state index contributed by atoms with van der Waals surface area (Å²) < 4.78 is 5.29. The highest BCUT2D eigenvalue weighted by molar-refractivity contribution is 6.31. The Balaban J connectivity index is 1.54. The largest absolute Gasteiger partial charge is 0.495 e. The summed E-state index contributed by atoms with van der Waals surface area (Å²) in [5.74, 6) is 0.562. The molecule has 0 radical (unpaired) electrons. The molecule has 1 N–H and O–H groups in total. The molecule has 3 rings (SSSR count). The number of anilines is 1. The van der Waals surface area contributed by atoms with E-state index in [1.165, 1.54) is 0 Å². The van der Waals surface area contributed by atoms with Gasteiger partial charge in [0.05, 0.1) is 25.3 Å². The Morgan fingerprint density at radius 2 is 1.83 bits per heavy atom. The van der Waals surface area contributed by atoms with Gasteiger partial charge in [-0.15, -0.1) is 0 Å². The van der Waals surface area contributed by atoms with Crippen molar-refractivity contribution in [1.82, 2.24) is 9.80 Å². The average molecular weight is 430 g/mol. The van der Waals surface area contributed by atoms with Gasteiger partial charge in [-0.25, -0.2) is 0 Å². The van der Waals surface area contributed by atoms with Crippen LogP contribution in [-0.2, 0) is 16.0 Å². The molecule has 0 saturated carbocycles. The number of rotatable bonds is 6. The van der Waals surface area contributed by atoms with Gasteiger partial charge in [-0.3, -0.25) is 14.5 Å². The Morgan fingerprint density at radius 3 is 2.50 bits per heavy atom. The van der Waals surface area contributed by atoms with Gasteiger partial charge in [-0.05, 0) is 43.2 Å². The van der Waals surface area contributed by atoms with Crippen molar-refractivity contribution in [2.45, 2.75) is 26.3 Å². The maximum absolute atomic E-state index is 12.8. The zero-order chi connectivity index (χ0) is 21.7. The zero-order valence-electron chi connectivity index (χ0n) is 17.7. The molecule has 2 aromatic carbocycles. The van der Waals surface area contributed by atoms with Crippen LogP contribution in [0.25, 0.3) is 0 Å². The SMILES string of the molecule is COc1ccc(Cl)cc1NC(=O)C(C)N1CCN(C(=O)Cc2ccccc2C)CC1. The van der Waals surface area contributed by atoms with E-state index in [9.17, 15) is 9.59 Å². The molecule has 0 aliphatic carbocycles. The molecule has 2 amide bonds. The van der Waals surface area contributed by atoms with Crippen molar-refractivity contribution in [2.24, 2.45) is 0 Å². The van der Waals surface area contributed by atoms with E-state index in [2.05, 4.69) is 10.2 Å². The number of ether oxygens (including phenoxy) is 1. The third kappa shape index (κ3) is 5.32. The fourth-order valence-electron chi connectivity index (χ4n) is 3.62. The van der Waals surface area contributed by atoms with Crippen molar-refractivity contribution in [3.8, 4) is 5.75 Å². The van der Waals surface area contributed by atoms with Crippen LogP contribution in [0.2, 0.25) is 5.02 Å². The van der Waals surface area contributed by atoms with Gasteiger partial charge < -0.3 is 15.0 Å². The second-order valence-corrected chi connectivity index (χ2v) is 7.97.